The Bertz CT molecular complexity index is 757. The highest BCUT2D eigenvalue weighted by atomic mass is 16.5. The fraction of sp³-hybridized carbons (Fsp3) is 0.680. The van der Waals surface area contributed by atoms with Crippen LogP contribution >= 0.6 is 0 Å². The number of rotatable bonds is 9. The normalized spacial score (nSPS) is 17.4. The minimum absolute atomic E-state index is 0.0570. The van der Waals surface area contributed by atoms with Crippen molar-refractivity contribution in [2.45, 2.75) is 46.5 Å². The van der Waals surface area contributed by atoms with Gasteiger partial charge in [0.2, 0.25) is 11.7 Å². The molecule has 0 aromatic heterocycles. The molecule has 8 nitrogen and oxygen atoms in total. The first-order valence-electron chi connectivity index (χ1n) is 12.4. The van der Waals surface area contributed by atoms with E-state index in [9.17, 15) is 9.59 Å². The van der Waals surface area contributed by atoms with Gasteiger partial charge in [-0.25, -0.2) is 0 Å². The zero-order valence-electron chi connectivity index (χ0n) is 20.4. The molecular weight excluding hydrogens is 422 g/mol. The highest BCUT2D eigenvalue weighted by Crippen LogP contribution is 2.39. The minimum Gasteiger partial charge on any atom is -0.490 e. The Morgan fingerprint density at radius 1 is 0.727 bits per heavy atom. The van der Waals surface area contributed by atoms with E-state index in [2.05, 4.69) is 4.90 Å². The highest BCUT2D eigenvalue weighted by Gasteiger charge is 2.27. The SMILES string of the molecule is CCOc1cc(C(=O)N2CCN(CC(=O)N3CCCCCC3)CC2)cc(OCC)c1OCC. The topological polar surface area (TPSA) is 71.6 Å². The Morgan fingerprint density at radius 2 is 1.27 bits per heavy atom. The molecule has 1 aromatic carbocycles. The molecule has 0 aliphatic carbocycles. The van der Waals surface area contributed by atoms with E-state index < -0.39 is 0 Å². The summed E-state index contributed by atoms with van der Waals surface area (Å²) in [4.78, 5) is 32.0. The number of amides is 2. The number of hydrogen-bond donors (Lipinski definition) is 0. The van der Waals surface area contributed by atoms with Crippen molar-refractivity contribution in [1.29, 1.82) is 0 Å². The van der Waals surface area contributed by atoms with Gasteiger partial charge in [-0.3, -0.25) is 14.5 Å². The molecule has 2 amide bonds. The maximum atomic E-state index is 13.3. The van der Waals surface area contributed by atoms with Gasteiger partial charge in [-0.15, -0.1) is 0 Å². The van der Waals surface area contributed by atoms with Crippen LogP contribution in [0.1, 0.15) is 56.8 Å². The van der Waals surface area contributed by atoms with Crippen molar-refractivity contribution in [3.8, 4) is 17.2 Å². The molecule has 8 heteroatoms. The molecule has 0 saturated carbocycles. The van der Waals surface area contributed by atoms with E-state index in [-0.39, 0.29) is 11.8 Å². The molecule has 0 atom stereocenters. The first-order chi connectivity index (χ1) is 16.1. The van der Waals surface area contributed by atoms with Crippen molar-refractivity contribution < 1.29 is 23.8 Å². The third kappa shape index (κ3) is 6.76. The second-order valence-electron chi connectivity index (χ2n) is 8.46. The van der Waals surface area contributed by atoms with Gasteiger partial charge in [0.25, 0.3) is 5.91 Å². The third-order valence-electron chi connectivity index (χ3n) is 6.13. The van der Waals surface area contributed by atoms with Gasteiger partial charge in [-0.05, 0) is 45.7 Å². The van der Waals surface area contributed by atoms with E-state index in [1.54, 1.807) is 12.1 Å². The molecule has 0 radical (unpaired) electrons. The third-order valence-corrected chi connectivity index (χ3v) is 6.13. The Kier molecular flexibility index (Phi) is 9.66. The van der Waals surface area contributed by atoms with Crippen molar-refractivity contribution in [2.24, 2.45) is 0 Å². The Hall–Kier alpha value is -2.48. The van der Waals surface area contributed by atoms with Crippen LogP contribution in [0, 0.1) is 0 Å². The lowest BCUT2D eigenvalue weighted by Crippen LogP contribution is -2.51. The molecular formula is C25H39N3O5. The number of nitrogens with zero attached hydrogens (tertiary/aromatic N) is 3. The predicted octanol–water partition coefficient (Wildman–Crippen LogP) is 3.04. The summed E-state index contributed by atoms with van der Waals surface area (Å²) >= 11 is 0. The van der Waals surface area contributed by atoms with Crippen LogP contribution in [0.15, 0.2) is 12.1 Å². The predicted molar refractivity (Wildman–Crippen MR) is 127 cm³/mol. The smallest absolute Gasteiger partial charge is 0.254 e. The average Bonchev–Trinajstić information content (AvgIpc) is 3.11. The van der Waals surface area contributed by atoms with Gasteiger partial charge < -0.3 is 24.0 Å². The molecule has 1 aromatic rings. The summed E-state index contributed by atoms with van der Waals surface area (Å²) in [5.41, 5.74) is 0.527. The quantitative estimate of drug-likeness (QED) is 0.563. The van der Waals surface area contributed by atoms with Crippen molar-refractivity contribution >= 4 is 11.8 Å². The van der Waals surface area contributed by atoms with Crippen LogP contribution in [0.5, 0.6) is 17.2 Å². The van der Waals surface area contributed by atoms with Gasteiger partial charge >= 0.3 is 0 Å². The molecule has 2 heterocycles. The molecule has 0 spiro atoms. The van der Waals surface area contributed by atoms with Crippen molar-refractivity contribution in [2.75, 3.05) is 65.6 Å². The number of piperazine rings is 1. The second kappa shape index (κ2) is 12.7. The molecule has 2 fully saturated rings. The second-order valence-corrected chi connectivity index (χ2v) is 8.46. The maximum absolute atomic E-state index is 13.3. The first kappa shape index (κ1) is 25.1. The maximum Gasteiger partial charge on any atom is 0.254 e. The average molecular weight is 462 g/mol. The molecule has 0 unspecified atom stereocenters. The molecule has 2 saturated heterocycles. The van der Waals surface area contributed by atoms with Crippen molar-refractivity contribution in [3.05, 3.63) is 17.7 Å². The van der Waals surface area contributed by atoms with Gasteiger partial charge in [0, 0.05) is 44.8 Å². The highest BCUT2D eigenvalue weighted by molar-refractivity contribution is 5.95. The van der Waals surface area contributed by atoms with Gasteiger partial charge in [-0.2, -0.15) is 0 Å². The van der Waals surface area contributed by atoms with Crippen LogP contribution in [-0.4, -0.2) is 92.1 Å². The van der Waals surface area contributed by atoms with E-state index in [4.69, 9.17) is 14.2 Å². The molecule has 0 N–H and O–H groups in total. The van der Waals surface area contributed by atoms with E-state index in [0.717, 1.165) is 25.9 Å². The number of carbonyl (C=O) groups excluding carboxylic acids is 2. The number of carbonyl (C=O) groups is 2. The van der Waals surface area contributed by atoms with E-state index in [1.807, 2.05) is 30.6 Å². The summed E-state index contributed by atoms with van der Waals surface area (Å²) in [7, 11) is 0. The monoisotopic (exact) mass is 461 g/mol. The molecule has 2 aliphatic rings. The first-order valence-corrected chi connectivity index (χ1v) is 12.4. The van der Waals surface area contributed by atoms with Crippen LogP contribution in [-0.2, 0) is 4.79 Å². The zero-order chi connectivity index (χ0) is 23.6. The van der Waals surface area contributed by atoms with Gasteiger partial charge in [0.1, 0.15) is 0 Å². The minimum atomic E-state index is -0.0570. The number of ether oxygens (including phenoxy) is 3. The largest absolute Gasteiger partial charge is 0.490 e. The zero-order valence-corrected chi connectivity index (χ0v) is 20.4. The molecule has 2 aliphatic heterocycles. The Morgan fingerprint density at radius 3 is 1.79 bits per heavy atom. The molecule has 33 heavy (non-hydrogen) atoms. The summed E-state index contributed by atoms with van der Waals surface area (Å²) < 4.78 is 17.3. The summed E-state index contributed by atoms with van der Waals surface area (Å²) in [6.07, 6.45) is 4.63. The fourth-order valence-corrected chi connectivity index (χ4v) is 4.42. The van der Waals surface area contributed by atoms with Gasteiger partial charge in [0.05, 0.1) is 26.4 Å². The van der Waals surface area contributed by atoms with E-state index in [0.29, 0.717) is 75.4 Å². The van der Waals surface area contributed by atoms with Crippen LogP contribution in [0.25, 0.3) is 0 Å². The molecule has 3 rings (SSSR count). The lowest BCUT2D eigenvalue weighted by molar-refractivity contribution is -0.132. The Labute approximate surface area is 197 Å². The van der Waals surface area contributed by atoms with Gasteiger partial charge in [-0.1, -0.05) is 12.8 Å². The van der Waals surface area contributed by atoms with E-state index in [1.165, 1.54) is 12.8 Å². The fourth-order valence-electron chi connectivity index (χ4n) is 4.42. The summed E-state index contributed by atoms with van der Waals surface area (Å²) in [6.45, 7) is 11.9. The number of likely N-dealkylation sites (tertiary alicyclic amines) is 1. The number of benzene rings is 1. The van der Waals surface area contributed by atoms with Gasteiger partial charge in [0.15, 0.2) is 11.5 Å². The standard InChI is InChI=1S/C25H39N3O5/c1-4-31-21-17-20(18-22(32-5-2)24(21)33-6-3)25(30)28-15-13-26(14-16-28)19-23(29)27-11-9-7-8-10-12-27/h17-18H,4-16,19H2,1-3H3. The van der Waals surface area contributed by atoms with Crippen LogP contribution in [0.4, 0.5) is 0 Å². The van der Waals surface area contributed by atoms with Crippen molar-refractivity contribution in [3.63, 3.8) is 0 Å². The summed E-state index contributed by atoms with van der Waals surface area (Å²) in [5.74, 6) is 1.74. The summed E-state index contributed by atoms with van der Waals surface area (Å²) in [5, 5.41) is 0. The van der Waals surface area contributed by atoms with Crippen LogP contribution in [0.3, 0.4) is 0 Å². The number of hydrogen-bond acceptors (Lipinski definition) is 6. The molecule has 184 valence electrons. The van der Waals surface area contributed by atoms with E-state index >= 15 is 0 Å². The lowest BCUT2D eigenvalue weighted by atomic mass is 10.1. The molecule has 0 bridgehead atoms. The Balaban J connectivity index is 1.63. The van der Waals surface area contributed by atoms with Crippen LogP contribution < -0.4 is 14.2 Å². The van der Waals surface area contributed by atoms with Crippen LogP contribution in [0.2, 0.25) is 0 Å². The lowest BCUT2D eigenvalue weighted by Gasteiger charge is -2.35. The summed E-state index contributed by atoms with van der Waals surface area (Å²) in [6, 6.07) is 3.49. The van der Waals surface area contributed by atoms with Crippen molar-refractivity contribution in [1.82, 2.24) is 14.7 Å².